The highest BCUT2D eigenvalue weighted by atomic mass is 35.5. The third kappa shape index (κ3) is 3.37. The Kier molecular flexibility index (Phi) is 4.74. The van der Waals surface area contributed by atoms with Crippen molar-refractivity contribution in [2.24, 2.45) is 0 Å². The molecule has 0 aliphatic heterocycles. The quantitative estimate of drug-likeness (QED) is 0.731. The van der Waals surface area contributed by atoms with Crippen molar-refractivity contribution >= 4 is 22.6 Å². The summed E-state index contributed by atoms with van der Waals surface area (Å²) in [5.74, 6) is 0. The standard InChI is InChI=1S/C20H20ClNO2/c1-12-7-8-18-16(10-19(23)24-20(18)13(12)2)11-22-14(3)15-5-4-6-17(21)9-15/h4-10,14,22H,11H2,1-3H3/p+1/t14-/m1/s1. The van der Waals surface area contributed by atoms with E-state index in [2.05, 4.69) is 24.4 Å². The smallest absolute Gasteiger partial charge is 0.336 e. The average molecular weight is 343 g/mol. The Morgan fingerprint density at radius 2 is 1.96 bits per heavy atom. The molecule has 24 heavy (non-hydrogen) atoms. The van der Waals surface area contributed by atoms with Crippen LogP contribution in [0.4, 0.5) is 0 Å². The number of fused-ring (bicyclic) bond motifs is 1. The Morgan fingerprint density at radius 3 is 2.71 bits per heavy atom. The van der Waals surface area contributed by atoms with Gasteiger partial charge in [0.1, 0.15) is 18.2 Å². The molecule has 2 N–H and O–H groups in total. The van der Waals surface area contributed by atoms with E-state index in [0.717, 1.165) is 27.1 Å². The zero-order chi connectivity index (χ0) is 17.3. The van der Waals surface area contributed by atoms with Gasteiger partial charge in [0.2, 0.25) is 0 Å². The fourth-order valence-corrected chi connectivity index (χ4v) is 3.12. The van der Waals surface area contributed by atoms with Crippen LogP contribution in [0.25, 0.3) is 11.0 Å². The lowest BCUT2D eigenvalue weighted by Crippen LogP contribution is -2.83. The Labute approximate surface area is 146 Å². The summed E-state index contributed by atoms with van der Waals surface area (Å²) >= 11 is 6.07. The van der Waals surface area contributed by atoms with Crippen LogP contribution in [0, 0.1) is 13.8 Å². The number of halogens is 1. The Bertz CT molecular complexity index is 946. The number of benzene rings is 2. The minimum Gasteiger partial charge on any atom is -0.422 e. The van der Waals surface area contributed by atoms with Crippen LogP contribution in [0.15, 0.2) is 51.7 Å². The van der Waals surface area contributed by atoms with E-state index in [1.54, 1.807) is 6.07 Å². The molecule has 0 amide bonds. The van der Waals surface area contributed by atoms with Crippen LogP contribution < -0.4 is 10.9 Å². The zero-order valence-corrected chi connectivity index (χ0v) is 14.9. The van der Waals surface area contributed by atoms with Gasteiger partial charge in [0.15, 0.2) is 0 Å². The number of nitrogens with two attached hydrogens (primary N) is 1. The van der Waals surface area contributed by atoms with E-state index in [1.165, 1.54) is 5.56 Å². The normalized spacial score (nSPS) is 12.5. The van der Waals surface area contributed by atoms with Crippen molar-refractivity contribution in [3.63, 3.8) is 0 Å². The first-order valence-electron chi connectivity index (χ1n) is 8.07. The second-order valence-electron chi connectivity index (χ2n) is 6.26. The lowest BCUT2D eigenvalue weighted by atomic mass is 10.0. The molecule has 0 aliphatic carbocycles. The van der Waals surface area contributed by atoms with Gasteiger partial charge in [-0.3, -0.25) is 0 Å². The Morgan fingerprint density at radius 1 is 1.17 bits per heavy atom. The summed E-state index contributed by atoms with van der Waals surface area (Å²) in [6, 6.07) is 13.8. The largest absolute Gasteiger partial charge is 0.422 e. The predicted molar refractivity (Wildman–Crippen MR) is 97.5 cm³/mol. The number of quaternary nitrogens is 1. The first-order valence-corrected chi connectivity index (χ1v) is 8.45. The molecule has 3 nitrogen and oxygen atoms in total. The van der Waals surface area contributed by atoms with Gasteiger partial charge < -0.3 is 9.73 Å². The fourth-order valence-electron chi connectivity index (χ4n) is 2.92. The first-order chi connectivity index (χ1) is 11.5. The van der Waals surface area contributed by atoms with Gasteiger partial charge in [-0.25, -0.2) is 4.79 Å². The number of aryl methyl sites for hydroxylation is 2. The number of rotatable bonds is 4. The van der Waals surface area contributed by atoms with Gasteiger partial charge in [-0.2, -0.15) is 0 Å². The van der Waals surface area contributed by atoms with Crippen LogP contribution in [-0.4, -0.2) is 0 Å². The monoisotopic (exact) mass is 342 g/mol. The molecular weight excluding hydrogens is 322 g/mol. The molecule has 0 bridgehead atoms. The molecule has 2 aromatic carbocycles. The second-order valence-corrected chi connectivity index (χ2v) is 6.69. The average Bonchev–Trinajstić information content (AvgIpc) is 2.56. The molecule has 0 aliphatic rings. The minimum absolute atomic E-state index is 0.248. The van der Waals surface area contributed by atoms with Gasteiger partial charge in [-0.05, 0) is 44.0 Å². The number of hydrogen-bond donors (Lipinski definition) is 1. The van der Waals surface area contributed by atoms with Crippen molar-refractivity contribution in [2.75, 3.05) is 0 Å². The molecule has 124 valence electrons. The van der Waals surface area contributed by atoms with Crippen LogP contribution in [0.3, 0.4) is 0 Å². The molecule has 0 spiro atoms. The molecule has 0 saturated heterocycles. The number of hydrogen-bond acceptors (Lipinski definition) is 2. The third-order valence-corrected chi connectivity index (χ3v) is 4.82. The Balaban J connectivity index is 1.90. The third-order valence-electron chi connectivity index (χ3n) is 4.58. The van der Waals surface area contributed by atoms with Crippen molar-refractivity contribution in [3.05, 3.63) is 80.2 Å². The topological polar surface area (TPSA) is 46.8 Å². The van der Waals surface area contributed by atoms with Gasteiger partial charge in [-0.15, -0.1) is 0 Å². The molecule has 3 rings (SSSR count). The first kappa shape index (κ1) is 16.7. The zero-order valence-electron chi connectivity index (χ0n) is 14.1. The van der Waals surface area contributed by atoms with Crippen molar-refractivity contribution < 1.29 is 9.73 Å². The molecule has 1 heterocycles. The van der Waals surface area contributed by atoms with Gasteiger partial charge in [0.25, 0.3) is 0 Å². The SMILES string of the molecule is Cc1ccc2c(C[NH2+][C@H](C)c3cccc(Cl)c3)cc(=O)oc2c1C. The van der Waals surface area contributed by atoms with Crippen molar-refractivity contribution in [1.82, 2.24) is 0 Å². The lowest BCUT2D eigenvalue weighted by molar-refractivity contribution is -0.707. The fraction of sp³-hybridized carbons (Fsp3) is 0.250. The van der Waals surface area contributed by atoms with E-state index < -0.39 is 0 Å². The molecule has 0 saturated carbocycles. The van der Waals surface area contributed by atoms with Crippen molar-refractivity contribution in [2.45, 2.75) is 33.4 Å². The van der Waals surface area contributed by atoms with E-state index in [9.17, 15) is 4.79 Å². The van der Waals surface area contributed by atoms with Gasteiger partial charge in [0.05, 0.1) is 0 Å². The van der Waals surface area contributed by atoms with E-state index in [-0.39, 0.29) is 11.7 Å². The summed E-state index contributed by atoms with van der Waals surface area (Å²) in [6.45, 7) is 6.85. The van der Waals surface area contributed by atoms with E-state index in [1.807, 2.05) is 38.1 Å². The van der Waals surface area contributed by atoms with Crippen LogP contribution in [-0.2, 0) is 6.54 Å². The summed E-state index contributed by atoms with van der Waals surface area (Å²) in [7, 11) is 0. The summed E-state index contributed by atoms with van der Waals surface area (Å²) in [4.78, 5) is 11.9. The van der Waals surface area contributed by atoms with Crippen molar-refractivity contribution in [1.29, 1.82) is 0 Å². The molecule has 0 radical (unpaired) electrons. The van der Waals surface area contributed by atoms with Crippen LogP contribution in [0.5, 0.6) is 0 Å². The Hall–Kier alpha value is -2.10. The van der Waals surface area contributed by atoms with Crippen LogP contribution >= 0.6 is 11.6 Å². The van der Waals surface area contributed by atoms with E-state index in [0.29, 0.717) is 12.1 Å². The maximum Gasteiger partial charge on any atom is 0.336 e. The highest BCUT2D eigenvalue weighted by Crippen LogP contribution is 2.23. The highest BCUT2D eigenvalue weighted by molar-refractivity contribution is 6.30. The predicted octanol–water partition coefficient (Wildman–Crippen LogP) is 3.89. The molecule has 4 heteroatoms. The van der Waals surface area contributed by atoms with Crippen molar-refractivity contribution in [3.8, 4) is 0 Å². The molecule has 3 aromatic rings. The summed E-state index contributed by atoms with van der Waals surface area (Å²) in [5.41, 5.74) is 4.71. The van der Waals surface area contributed by atoms with Crippen LogP contribution in [0.1, 0.15) is 35.2 Å². The van der Waals surface area contributed by atoms with Crippen LogP contribution in [0.2, 0.25) is 5.02 Å². The second kappa shape index (κ2) is 6.80. The summed E-state index contributed by atoms with van der Waals surface area (Å²) in [5, 5.41) is 3.95. The van der Waals surface area contributed by atoms with E-state index in [4.69, 9.17) is 16.0 Å². The maximum absolute atomic E-state index is 11.9. The summed E-state index contributed by atoms with van der Waals surface area (Å²) in [6.07, 6.45) is 0. The lowest BCUT2D eigenvalue weighted by Gasteiger charge is -2.13. The molecule has 0 unspecified atom stereocenters. The van der Waals surface area contributed by atoms with E-state index >= 15 is 0 Å². The molecular formula is C20H21ClNO2+. The maximum atomic E-state index is 11.9. The summed E-state index contributed by atoms with van der Waals surface area (Å²) < 4.78 is 5.43. The molecule has 0 fully saturated rings. The van der Waals surface area contributed by atoms with Gasteiger partial charge in [0, 0.05) is 27.6 Å². The van der Waals surface area contributed by atoms with Gasteiger partial charge in [-0.1, -0.05) is 35.9 Å². The molecule has 1 atom stereocenters. The molecule has 1 aromatic heterocycles. The van der Waals surface area contributed by atoms with Gasteiger partial charge >= 0.3 is 5.63 Å². The minimum atomic E-state index is -0.296. The highest BCUT2D eigenvalue weighted by Gasteiger charge is 2.13.